The lowest BCUT2D eigenvalue weighted by atomic mass is 10.0. The van der Waals surface area contributed by atoms with Gasteiger partial charge in [0.05, 0.1) is 69.1 Å². The molecule has 4 aromatic rings. The highest BCUT2D eigenvalue weighted by Gasteiger charge is 2.36. The molecule has 4 aliphatic heterocycles. The highest BCUT2D eigenvalue weighted by molar-refractivity contribution is 6.07. The van der Waals surface area contributed by atoms with Gasteiger partial charge in [-0.15, -0.1) is 0 Å². The number of anilines is 1. The first kappa shape index (κ1) is 56.0. The van der Waals surface area contributed by atoms with Crippen LogP contribution in [0.4, 0.5) is 21.9 Å². The fraction of sp³-hybridized carbons (Fsp3) is 0.322. The van der Waals surface area contributed by atoms with Crippen LogP contribution in [0, 0.1) is 5.92 Å². The summed E-state index contributed by atoms with van der Waals surface area (Å²) in [6.07, 6.45) is 10.4. The molecule has 5 amide bonds. The SMILES string of the molecule is C=CCOC(=O)CC[C@H](NC(=O)C(NC(=O)OCC=C)C(C)C)C(=O)Nc1ccc(C2=CN3C(=O)c4cc(OC)c(OCCCOc5cc6c(cc5OC)C(=O)N5C=C(c7ccc(OC)cc7)C[C@H]5C=N6)cc4N=C[C@@H]3C2)cc1. The zero-order valence-electron chi connectivity index (χ0n) is 44.7. The second kappa shape index (κ2) is 25.8. The molecular weight excluding hydrogens is 1010 g/mol. The molecule has 0 bridgehead atoms. The molecule has 4 aliphatic rings. The summed E-state index contributed by atoms with van der Waals surface area (Å²) in [5, 5.41) is 8.01. The van der Waals surface area contributed by atoms with Gasteiger partial charge in [0.15, 0.2) is 23.0 Å². The Hall–Kier alpha value is -9.20. The summed E-state index contributed by atoms with van der Waals surface area (Å²) >= 11 is 0. The average Bonchev–Trinajstić information content (AvgIpc) is 4.21. The molecule has 0 fully saturated rings. The van der Waals surface area contributed by atoms with Gasteiger partial charge >= 0.3 is 12.1 Å². The highest BCUT2D eigenvalue weighted by Crippen LogP contribution is 2.42. The van der Waals surface area contributed by atoms with Crippen LogP contribution in [0.25, 0.3) is 11.1 Å². The van der Waals surface area contributed by atoms with Crippen molar-refractivity contribution in [3.05, 3.63) is 133 Å². The van der Waals surface area contributed by atoms with Gasteiger partial charge in [-0.2, -0.15) is 0 Å². The maximum Gasteiger partial charge on any atom is 0.408 e. The zero-order valence-corrected chi connectivity index (χ0v) is 44.7. The molecule has 4 aromatic carbocycles. The number of hydrogen-bond donors (Lipinski definition) is 3. The number of benzene rings is 4. The first-order chi connectivity index (χ1) is 38.2. The normalized spacial score (nSPS) is 16.5. The van der Waals surface area contributed by atoms with E-state index in [9.17, 15) is 28.8 Å². The van der Waals surface area contributed by atoms with Crippen molar-refractivity contribution >= 4 is 76.3 Å². The monoisotopic (exact) mass is 1080 g/mol. The number of hydrogen-bond acceptors (Lipinski definition) is 15. The standard InChI is InChI=1S/C59H63N7O13/c1-8-21-78-53(67)20-19-46(63-56(69)54(35(3)4)64-59(72)79-22-9-2)55(68)62-40-15-11-36(12-16-40)38-25-41-31-60-47-29-51(49(74-6)27-44(47)57(70)65(41)33-38)76-23-10-24-77-52-30-48-45(28-50(52)75-7)58(71)66-34-39(26-42(66)32-61-48)37-13-17-43(73-5)18-14-37/h8-9,11-18,27-35,41-42,46,54H,1-2,10,19-26H2,3-7H3,(H,62,68)(H,63,69)(H,64,72)/t41-,42-,46-,54?/m0/s1. The van der Waals surface area contributed by atoms with Gasteiger partial charge in [-0.25, -0.2) is 4.79 Å². The second-order valence-electron chi connectivity index (χ2n) is 19.0. The van der Waals surface area contributed by atoms with Crippen molar-refractivity contribution in [1.29, 1.82) is 0 Å². The number of amides is 5. The molecule has 4 atom stereocenters. The molecule has 79 heavy (non-hydrogen) atoms. The topological polar surface area (TPSA) is 234 Å². The quantitative estimate of drug-likeness (QED) is 0.0340. The number of rotatable bonds is 24. The Labute approximate surface area is 457 Å². The maximum absolute atomic E-state index is 14.2. The molecule has 8 rings (SSSR count). The number of ether oxygens (including phenoxy) is 7. The van der Waals surface area contributed by atoms with E-state index in [0.29, 0.717) is 70.4 Å². The van der Waals surface area contributed by atoms with Gasteiger partial charge in [0, 0.05) is 68.3 Å². The molecule has 3 N–H and O–H groups in total. The third-order valence-electron chi connectivity index (χ3n) is 13.4. The number of aliphatic imine (C=N–C) groups is 2. The third-order valence-corrected chi connectivity index (χ3v) is 13.4. The summed E-state index contributed by atoms with van der Waals surface area (Å²) in [7, 11) is 4.63. The van der Waals surface area contributed by atoms with E-state index in [-0.39, 0.29) is 63.0 Å². The average molecular weight is 1080 g/mol. The third kappa shape index (κ3) is 13.3. The van der Waals surface area contributed by atoms with Crippen LogP contribution in [-0.2, 0) is 23.9 Å². The highest BCUT2D eigenvalue weighted by atomic mass is 16.6. The Bertz CT molecular complexity index is 3110. The lowest BCUT2D eigenvalue weighted by Crippen LogP contribution is -2.54. The molecular formula is C59H63N7O13. The number of fused-ring (bicyclic) bond motifs is 4. The molecule has 0 aliphatic carbocycles. The van der Waals surface area contributed by atoms with Crippen molar-refractivity contribution in [2.75, 3.05) is 53.1 Å². The van der Waals surface area contributed by atoms with Crippen LogP contribution in [-0.4, -0.2) is 130 Å². The Morgan fingerprint density at radius 3 is 1.68 bits per heavy atom. The van der Waals surface area contributed by atoms with Gasteiger partial charge in [-0.05, 0) is 71.0 Å². The summed E-state index contributed by atoms with van der Waals surface area (Å²) in [5.41, 5.74) is 5.70. The van der Waals surface area contributed by atoms with E-state index >= 15 is 0 Å². The lowest BCUT2D eigenvalue weighted by molar-refractivity contribution is -0.143. The molecule has 20 heteroatoms. The van der Waals surface area contributed by atoms with Crippen molar-refractivity contribution in [3.8, 4) is 28.7 Å². The second-order valence-corrected chi connectivity index (χ2v) is 19.0. The van der Waals surface area contributed by atoms with Gasteiger partial charge in [0.1, 0.15) is 31.0 Å². The van der Waals surface area contributed by atoms with Gasteiger partial charge in [-0.1, -0.05) is 63.4 Å². The van der Waals surface area contributed by atoms with E-state index in [1.165, 1.54) is 26.4 Å². The minimum atomic E-state index is -1.19. The number of nitrogens with one attached hydrogen (secondary N) is 3. The summed E-state index contributed by atoms with van der Waals surface area (Å²) in [5.74, 6) is -0.368. The molecule has 0 saturated carbocycles. The number of alkyl carbamates (subject to hydrolysis) is 1. The lowest BCUT2D eigenvalue weighted by Gasteiger charge is -2.25. The van der Waals surface area contributed by atoms with Gasteiger partial charge in [0.2, 0.25) is 11.8 Å². The van der Waals surface area contributed by atoms with E-state index < -0.39 is 42.0 Å². The van der Waals surface area contributed by atoms with Crippen molar-refractivity contribution < 1.29 is 61.9 Å². The van der Waals surface area contributed by atoms with Gasteiger partial charge in [-0.3, -0.25) is 34.0 Å². The Kier molecular flexibility index (Phi) is 18.3. The van der Waals surface area contributed by atoms with E-state index in [2.05, 4.69) is 29.1 Å². The molecule has 20 nitrogen and oxygen atoms in total. The smallest absolute Gasteiger partial charge is 0.408 e. The molecule has 0 aromatic heterocycles. The predicted octanol–water partition coefficient (Wildman–Crippen LogP) is 8.37. The fourth-order valence-electron chi connectivity index (χ4n) is 9.22. The van der Waals surface area contributed by atoms with E-state index in [0.717, 1.165) is 28.0 Å². The van der Waals surface area contributed by atoms with Crippen LogP contribution in [0.2, 0.25) is 0 Å². The Morgan fingerprint density at radius 1 is 0.671 bits per heavy atom. The summed E-state index contributed by atoms with van der Waals surface area (Å²) in [6, 6.07) is 18.5. The van der Waals surface area contributed by atoms with Crippen molar-refractivity contribution in [1.82, 2.24) is 20.4 Å². The van der Waals surface area contributed by atoms with E-state index in [1.54, 1.807) is 97.9 Å². The van der Waals surface area contributed by atoms with Gasteiger partial charge in [0.25, 0.3) is 11.8 Å². The zero-order chi connectivity index (χ0) is 56.2. The van der Waals surface area contributed by atoms with Crippen LogP contribution >= 0.6 is 0 Å². The van der Waals surface area contributed by atoms with Crippen LogP contribution in [0.5, 0.6) is 28.7 Å². The van der Waals surface area contributed by atoms with Crippen LogP contribution in [0.1, 0.15) is 77.8 Å². The number of esters is 1. The van der Waals surface area contributed by atoms with Crippen LogP contribution in [0.15, 0.2) is 120 Å². The number of nitrogens with zero attached hydrogens (tertiary/aromatic N) is 4. The minimum Gasteiger partial charge on any atom is -0.497 e. The largest absolute Gasteiger partial charge is 0.497 e. The van der Waals surface area contributed by atoms with Gasteiger partial charge < -0.3 is 58.9 Å². The molecule has 412 valence electrons. The van der Waals surface area contributed by atoms with Crippen molar-refractivity contribution in [2.24, 2.45) is 15.9 Å². The number of carbonyl (C=O) groups excluding carboxylic acids is 6. The first-order valence-electron chi connectivity index (χ1n) is 25.7. The number of carbonyl (C=O) groups is 6. The maximum atomic E-state index is 14.2. The van der Waals surface area contributed by atoms with Crippen LogP contribution < -0.4 is 39.6 Å². The Balaban J connectivity index is 0.866. The summed E-state index contributed by atoms with van der Waals surface area (Å²) < 4.78 is 39.0. The fourth-order valence-corrected chi connectivity index (χ4v) is 9.22. The van der Waals surface area contributed by atoms with E-state index in [1.807, 2.05) is 30.5 Å². The molecule has 0 radical (unpaired) electrons. The van der Waals surface area contributed by atoms with Crippen molar-refractivity contribution in [2.45, 2.75) is 70.1 Å². The summed E-state index contributed by atoms with van der Waals surface area (Å²) in [6.45, 7) is 10.9. The molecule has 0 spiro atoms. The molecule has 4 heterocycles. The predicted molar refractivity (Wildman–Crippen MR) is 297 cm³/mol. The van der Waals surface area contributed by atoms with Crippen LogP contribution in [0.3, 0.4) is 0 Å². The molecule has 0 saturated heterocycles. The summed E-state index contributed by atoms with van der Waals surface area (Å²) in [4.78, 5) is 92.7. The van der Waals surface area contributed by atoms with E-state index in [4.69, 9.17) is 43.1 Å². The Morgan fingerprint density at radius 2 is 1.19 bits per heavy atom. The van der Waals surface area contributed by atoms with Crippen molar-refractivity contribution in [3.63, 3.8) is 0 Å². The number of methoxy groups -OCH3 is 3. The molecule has 1 unspecified atom stereocenters. The minimum absolute atomic E-state index is 0.0127. The first-order valence-corrected chi connectivity index (χ1v) is 25.7.